The average Bonchev–Trinajstić information content (AvgIpc) is 2.60. The van der Waals surface area contributed by atoms with Gasteiger partial charge in [-0.05, 0) is 27.7 Å². The van der Waals surface area contributed by atoms with Crippen LogP contribution in [0.5, 0.6) is 5.75 Å². The molecule has 0 saturated carbocycles. The van der Waals surface area contributed by atoms with Crippen molar-refractivity contribution in [2.75, 3.05) is 17.2 Å². The van der Waals surface area contributed by atoms with Gasteiger partial charge in [-0.25, -0.2) is 19.3 Å². The van der Waals surface area contributed by atoms with Gasteiger partial charge < -0.3 is 26.2 Å². The van der Waals surface area contributed by atoms with Crippen LogP contribution in [-0.4, -0.2) is 55.4 Å². The van der Waals surface area contributed by atoms with E-state index in [0.717, 1.165) is 0 Å². The number of aliphatic hydroxyl groups is 1. The monoisotopic (exact) mass is 392 g/mol. The second kappa shape index (κ2) is 8.79. The van der Waals surface area contributed by atoms with Crippen LogP contribution in [-0.2, 0) is 0 Å². The van der Waals surface area contributed by atoms with Crippen LogP contribution in [0, 0.1) is 0 Å². The molecule has 0 aliphatic rings. The standard InChI is InChI=1S/C18H25FN6O3/c1-10(2)24-13-5-15(25-17-22-6-11(26)7-23-17)20-8-12(13)16(27)21-9-14(19)18(3,4)28/h5-8,10,14,26,28H,9H2,1-4H3,(H,21,27)(H2,20,22,23,24,25). The number of pyridine rings is 1. The minimum Gasteiger partial charge on any atom is -0.505 e. The molecule has 2 aromatic rings. The highest BCUT2D eigenvalue weighted by molar-refractivity contribution is 5.99. The smallest absolute Gasteiger partial charge is 0.255 e. The summed E-state index contributed by atoms with van der Waals surface area (Å²) in [4.78, 5) is 24.5. The Hall–Kier alpha value is -3.01. The number of anilines is 3. The van der Waals surface area contributed by atoms with Crippen molar-refractivity contribution in [3.05, 3.63) is 30.2 Å². The molecule has 9 nitrogen and oxygen atoms in total. The minimum atomic E-state index is -1.61. The predicted octanol–water partition coefficient (Wildman–Crippen LogP) is 1.98. The maximum atomic E-state index is 13.9. The number of nitrogens with zero attached hydrogens (tertiary/aromatic N) is 3. The number of carbonyl (C=O) groups is 1. The molecule has 5 N–H and O–H groups in total. The van der Waals surface area contributed by atoms with Gasteiger partial charge in [-0.3, -0.25) is 4.79 Å². The minimum absolute atomic E-state index is 0.0250. The van der Waals surface area contributed by atoms with Crippen molar-refractivity contribution in [2.24, 2.45) is 0 Å². The molecule has 0 bridgehead atoms. The van der Waals surface area contributed by atoms with E-state index in [9.17, 15) is 19.4 Å². The van der Waals surface area contributed by atoms with Crippen LogP contribution >= 0.6 is 0 Å². The van der Waals surface area contributed by atoms with Crippen molar-refractivity contribution in [2.45, 2.75) is 45.5 Å². The molecule has 0 aromatic carbocycles. The highest BCUT2D eigenvalue weighted by Crippen LogP contribution is 2.22. The maximum Gasteiger partial charge on any atom is 0.255 e. The topological polar surface area (TPSA) is 132 Å². The van der Waals surface area contributed by atoms with Gasteiger partial charge >= 0.3 is 0 Å². The molecule has 1 unspecified atom stereocenters. The molecular weight excluding hydrogens is 367 g/mol. The SMILES string of the molecule is CC(C)Nc1cc(Nc2ncc(O)cn2)ncc1C(=O)NCC(F)C(C)(C)O. The van der Waals surface area contributed by atoms with Gasteiger partial charge in [-0.2, -0.15) is 0 Å². The summed E-state index contributed by atoms with van der Waals surface area (Å²) in [5.74, 6) is 0.0218. The molecule has 152 valence electrons. The van der Waals surface area contributed by atoms with E-state index in [1.54, 1.807) is 6.07 Å². The number of rotatable bonds is 8. The number of halogens is 1. The first-order valence-electron chi connectivity index (χ1n) is 8.75. The molecular formula is C18H25FN6O3. The molecule has 28 heavy (non-hydrogen) atoms. The zero-order valence-corrected chi connectivity index (χ0v) is 16.2. The van der Waals surface area contributed by atoms with Crippen molar-refractivity contribution in [1.29, 1.82) is 0 Å². The molecule has 0 saturated heterocycles. The van der Waals surface area contributed by atoms with Crippen LogP contribution in [0.3, 0.4) is 0 Å². The van der Waals surface area contributed by atoms with Crippen molar-refractivity contribution >= 4 is 23.4 Å². The Morgan fingerprint density at radius 1 is 1.21 bits per heavy atom. The van der Waals surface area contributed by atoms with Crippen LogP contribution in [0.15, 0.2) is 24.7 Å². The van der Waals surface area contributed by atoms with Crippen molar-refractivity contribution < 1.29 is 19.4 Å². The molecule has 2 heterocycles. The third-order valence-electron chi connectivity index (χ3n) is 3.68. The Morgan fingerprint density at radius 2 is 1.86 bits per heavy atom. The van der Waals surface area contributed by atoms with E-state index in [1.807, 2.05) is 13.8 Å². The Bertz CT molecular complexity index is 808. The van der Waals surface area contributed by atoms with Gasteiger partial charge in [0.15, 0.2) is 5.75 Å². The van der Waals surface area contributed by atoms with Crippen molar-refractivity contribution in [1.82, 2.24) is 20.3 Å². The van der Waals surface area contributed by atoms with Crippen LogP contribution in [0.25, 0.3) is 0 Å². The Morgan fingerprint density at radius 3 is 2.43 bits per heavy atom. The lowest BCUT2D eigenvalue weighted by atomic mass is 10.0. The number of hydrogen-bond donors (Lipinski definition) is 5. The first-order valence-corrected chi connectivity index (χ1v) is 8.75. The summed E-state index contributed by atoms with van der Waals surface area (Å²) in [5.41, 5.74) is -0.834. The largest absolute Gasteiger partial charge is 0.505 e. The Labute approximate surface area is 162 Å². The molecule has 0 aliphatic carbocycles. The predicted molar refractivity (Wildman–Crippen MR) is 104 cm³/mol. The highest BCUT2D eigenvalue weighted by Gasteiger charge is 2.27. The van der Waals surface area contributed by atoms with Gasteiger partial charge in [0.1, 0.15) is 12.0 Å². The number of carbonyl (C=O) groups excluding carboxylic acids is 1. The van der Waals surface area contributed by atoms with Gasteiger partial charge in [-0.1, -0.05) is 0 Å². The van der Waals surface area contributed by atoms with E-state index in [2.05, 4.69) is 30.9 Å². The second-order valence-electron chi connectivity index (χ2n) is 7.14. The number of alkyl halides is 1. The lowest BCUT2D eigenvalue weighted by molar-refractivity contribution is -0.00177. The third kappa shape index (κ3) is 6.02. The number of nitrogens with one attached hydrogen (secondary N) is 3. The lowest BCUT2D eigenvalue weighted by Crippen LogP contribution is -2.42. The summed E-state index contributed by atoms with van der Waals surface area (Å²) in [6.07, 6.45) is 2.21. The molecule has 2 rings (SSSR count). The summed E-state index contributed by atoms with van der Waals surface area (Å²) < 4.78 is 13.9. The van der Waals surface area contributed by atoms with E-state index in [-0.39, 0.29) is 29.8 Å². The van der Waals surface area contributed by atoms with Crippen LogP contribution in [0.2, 0.25) is 0 Å². The summed E-state index contributed by atoms with van der Waals surface area (Å²) in [7, 11) is 0. The quantitative estimate of drug-likeness (QED) is 0.461. The Balaban J connectivity index is 2.18. The van der Waals surface area contributed by atoms with Crippen molar-refractivity contribution in [3.63, 3.8) is 0 Å². The van der Waals surface area contributed by atoms with Gasteiger partial charge in [0.05, 0.1) is 35.8 Å². The van der Waals surface area contributed by atoms with E-state index in [1.165, 1.54) is 32.4 Å². The molecule has 1 amide bonds. The van der Waals surface area contributed by atoms with E-state index in [0.29, 0.717) is 11.5 Å². The van der Waals surface area contributed by atoms with Gasteiger partial charge in [0.2, 0.25) is 5.95 Å². The number of aromatic hydroxyl groups is 1. The molecule has 2 aromatic heterocycles. The first kappa shape index (κ1) is 21.3. The fourth-order valence-electron chi connectivity index (χ4n) is 2.16. The molecule has 10 heteroatoms. The molecule has 0 radical (unpaired) electrons. The van der Waals surface area contributed by atoms with E-state index in [4.69, 9.17) is 0 Å². The average molecular weight is 392 g/mol. The maximum absolute atomic E-state index is 13.9. The number of aromatic nitrogens is 3. The summed E-state index contributed by atoms with van der Waals surface area (Å²) in [6.45, 7) is 6.16. The first-order chi connectivity index (χ1) is 13.1. The van der Waals surface area contributed by atoms with Crippen LogP contribution in [0.1, 0.15) is 38.1 Å². The number of hydrogen-bond acceptors (Lipinski definition) is 8. The molecule has 1 atom stereocenters. The fraction of sp³-hybridized carbons (Fsp3) is 0.444. The van der Waals surface area contributed by atoms with E-state index < -0.39 is 17.7 Å². The van der Waals surface area contributed by atoms with Gasteiger partial charge in [-0.15, -0.1) is 0 Å². The zero-order chi connectivity index (χ0) is 20.9. The van der Waals surface area contributed by atoms with Crippen LogP contribution < -0.4 is 16.0 Å². The summed E-state index contributed by atoms with van der Waals surface area (Å²) in [5, 5.41) is 27.4. The summed E-state index contributed by atoms with van der Waals surface area (Å²) in [6, 6.07) is 1.63. The van der Waals surface area contributed by atoms with E-state index >= 15 is 0 Å². The van der Waals surface area contributed by atoms with Gasteiger partial charge in [0, 0.05) is 18.3 Å². The zero-order valence-electron chi connectivity index (χ0n) is 16.2. The second-order valence-corrected chi connectivity index (χ2v) is 7.14. The third-order valence-corrected chi connectivity index (χ3v) is 3.68. The van der Waals surface area contributed by atoms with Gasteiger partial charge in [0.25, 0.3) is 5.91 Å². The highest BCUT2D eigenvalue weighted by atomic mass is 19.1. The molecule has 0 spiro atoms. The fourth-order valence-corrected chi connectivity index (χ4v) is 2.16. The number of amides is 1. The van der Waals surface area contributed by atoms with Crippen molar-refractivity contribution in [3.8, 4) is 5.75 Å². The Kier molecular flexibility index (Phi) is 6.68. The normalized spacial score (nSPS) is 12.5. The molecule has 0 fully saturated rings. The van der Waals surface area contributed by atoms with Crippen LogP contribution in [0.4, 0.5) is 21.8 Å². The lowest BCUT2D eigenvalue weighted by Gasteiger charge is -2.23. The molecule has 0 aliphatic heterocycles. The summed E-state index contributed by atoms with van der Waals surface area (Å²) >= 11 is 0.